The Balaban J connectivity index is 2.17. The second kappa shape index (κ2) is 5.88. The summed E-state index contributed by atoms with van der Waals surface area (Å²) in [6.07, 6.45) is 1.43. The highest BCUT2D eigenvalue weighted by atomic mass is 79.9. The molecular weight excluding hydrogens is 312 g/mol. The first-order valence-electron chi connectivity index (χ1n) is 6.36. The van der Waals surface area contributed by atoms with Gasteiger partial charge in [-0.3, -0.25) is 10.1 Å². The molecule has 1 aromatic carbocycles. The largest absolute Gasteiger partial charge is 0.393 e. The van der Waals surface area contributed by atoms with E-state index in [9.17, 15) is 15.2 Å². The van der Waals surface area contributed by atoms with Crippen molar-refractivity contribution in [2.45, 2.75) is 25.9 Å². The summed E-state index contributed by atoms with van der Waals surface area (Å²) >= 11 is 3.26. The Bertz CT molecular complexity index is 471. The van der Waals surface area contributed by atoms with Gasteiger partial charge in [0, 0.05) is 23.6 Å². The molecule has 5 nitrogen and oxygen atoms in total. The molecule has 0 amide bonds. The van der Waals surface area contributed by atoms with Crippen molar-refractivity contribution in [3.05, 3.63) is 32.8 Å². The van der Waals surface area contributed by atoms with E-state index in [0.29, 0.717) is 16.1 Å². The third-order valence-electron chi connectivity index (χ3n) is 3.70. The first-order chi connectivity index (χ1) is 8.99. The maximum Gasteiger partial charge on any atom is 0.293 e. The SMILES string of the molecule is CC(O)C1CCN(c2ccc(Br)cc2[N+](=O)[O-])CC1. The maximum absolute atomic E-state index is 11.1. The molecule has 1 N–H and O–H groups in total. The summed E-state index contributed by atoms with van der Waals surface area (Å²) in [6, 6.07) is 5.14. The molecule has 0 bridgehead atoms. The molecule has 0 aromatic heterocycles. The number of hydrogen-bond acceptors (Lipinski definition) is 4. The minimum Gasteiger partial charge on any atom is -0.393 e. The molecule has 1 unspecified atom stereocenters. The van der Waals surface area contributed by atoms with Crippen LogP contribution in [-0.2, 0) is 0 Å². The van der Waals surface area contributed by atoms with Crippen molar-refractivity contribution in [3.63, 3.8) is 0 Å². The van der Waals surface area contributed by atoms with E-state index in [1.165, 1.54) is 6.07 Å². The van der Waals surface area contributed by atoms with Crippen molar-refractivity contribution in [1.82, 2.24) is 0 Å². The lowest BCUT2D eigenvalue weighted by Gasteiger charge is -2.34. The van der Waals surface area contributed by atoms with Crippen LogP contribution in [0.5, 0.6) is 0 Å². The Hall–Kier alpha value is -1.14. The number of aliphatic hydroxyl groups is 1. The van der Waals surface area contributed by atoms with Crippen LogP contribution in [0.3, 0.4) is 0 Å². The highest BCUT2D eigenvalue weighted by Gasteiger charge is 2.26. The minimum atomic E-state index is -0.346. The van der Waals surface area contributed by atoms with Gasteiger partial charge in [0.25, 0.3) is 5.69 Å². The number of aliphatic hydroxyl groups excluding tert-OH is 1. The molecule has 1 aliphatic rings. The second-order valence-electron chi connectivity index (χ2n) is 4.96. The average molecular weight is 329 g/mol. The number of nitrogens with zero attached hydrogens (tertiary/aromatic N) is 2. The first-order valence-corrected chi connectivity index (χ1v) is 7.15. The standard InChI is InChI=1S/C13H17BrN2O3/c1-9(17)10-4-6-15(7-5-10)12-3-2-11(14)8-13(12)16(18)19/h2-3,8-10,17H,4-7H2,1H3. The Morgan fingerprint density at radius 2 is 2.11 bits per heavy atom. The Labute approximate surface area is 120 Å². The molecule has 1 aliphatic heterocycles. The smallest absolute Gasteiger partial charge is 0.293 e. The number of halogens is 1. The van der Waals surface area contributed by atoms with Crippen LogP contribution in [-0.4, -0.2) is 29.2 Å². The minimum absolute atomic E-state index is 0.130. The monoisotopic (exact) mass is 328 g/mol. The van der Waals surface area contributed by atoms with Gasteiger partial charge in [-0.15, -0.1) is 0 Å². The molecule has 1 aromatic rings. The van der Waals surface area contributed by atoms with Gasteiger partial charge in [0.2, 0.25) is 0 Å². The summed E-state index contributed by atoms with van der Waals surface area (Å²) in [5.74, 6) is 0.297. The molecule has 0 aliphatic carbocycles. The van der Waals surface area contributed by atoms with Crippen molar-refractivity contribution in [3.8, 4) is 0 Å². The zero-order valence-corrected chi connectivity index (χ0v) is 12.3. The molecule has 0 saturated carbocycles. The van der Waals surface area contributed by atoms with Gasteiger partial charge >= 0.3 is 0 Å². The summed E-state index contributed by atoms with van der Waals surface area (Å²) in [5, 5.41) is 20.7. The van der Waals surface area contributed by atoms with Gasteiger partial charge in [0.15, 0.2) is 0 Å². The van der Waals surface area contributed by atoms with E-state index in [4.69, 9.17) is 0 Å². The number of rotatable bonds is 3. The lowest BCUT2D eigenvalue weighted by Crippen LogP contribution is -2.37. The molecule has 1 fully saturated rings. The van der Waals surface area contributed by atoms with Crippen molar-refractivity contribution >= 4 is 27.3 Å². The van der Waals surface area contributed by atoms with Crippen LogP contribution in [0.15, 0.2) is 22.7 Å². The number of nitro groups is 1. The van der Waals surface area contributed by atoms with E-state index < -0.39 is 0 Å². The highest BCUT2D eigenvalue weighted by Crippen LogP contribution is 2.34. The fraction of sp³-hybridized carbons (Fsp3) is 0.538. The van der Waals surface area contributed by atoms with Crippen molar-refractivity contribution in [2.24, 2.45) is 5.92 Å². The van der Waals surface area contributed by atoms with Gasteiger partial charge in [0.05, 0.1) is 11.0 Å². The van der Waals surface area contributed by atoms with E-state index in [2.05, 4.69) is 15.9 Å². The number of benzene rings is 1. The zero-order valence-electron chi connectivity index (χ0n) is 10.8. The molecule has 1 heterocycles. The molecule has 0 spiro atoms. The van der Waals surface area contributed by atoms with Crippen molar-refractivity contribution in [2.75, 3.05) is 18.0 Å². The lowest BCUT2D eigenvalue weighted by atomic mass is 9.92. The van der Waals surface area contributed by atoms with Gasteiger partial charge in [0.1, 0.15) is 5.69 Å². The lowest BCUT2D eigenvalue weighted by molar-refractivity contribution is -0.384. The van der Waals surface area contributed by atoms with Crippen molar-refractivity contribution in [1.29, 1.82) is 0 Å². The summed E-state index contributed by atoms with van der Waals surface area (Å²) < 4.78 is 0.710. The van der Waals surface area contributed by atoms with Gasteiger partial charge in [-0.25, -0.2) is 0 Å². The molecule has 1 atom stereocenters. The molecular formula is C13H17BrN2O3. The van der Waals surface area contributed by atoms with Crippen LogP contribution >= 0.6 is 15.9 Å². The fourth-order valence-electron chi connectivity index (χ4n) is 2.53. The highest BCUT2D eigenvalue weighted by molar-refractivity contribution is 9.10. The predicted octanol–water partition coefficient (Wildman–Crippen LogP) is 2.95. The maximum atomic E-state index is 11.1. The number of hydrogen-bond donors (Lipinski definition) is 1. The molecule has 104 valence electrons. The predicted molar refractivity (Wildman–Crippen MR) is 77.4 cm³/mol. The Morgan fingerprint density at radius 1 is 1.47 bits per heavy atom. The Morgan fingerprint density at radius 3 is 2.63 bits per heavy atom. The number of nitro benzene ring substituents is 1. The first kappa shape index (κ1) is 14.3. The molecule has 6 heteroatoms. The fourth-order valence-corrected chi connectivity index (χ4v) is 2.88. The van der Waals surface area contributed by atoms with E-state index >= 15 is 0 Å². The van der Waals surface area contributed by atoms with E-state index in [0.717, 1.165) is 25.9 Å². The van der Waals surface area contributed by atoms with Gasteiger partial charge in [-0.2, -0.15) is 0 Å². The van der Waals surface area contributed by atoms with Crippen LogP contribution in [0.4, 0.5) is 11.4 Å². The summed E-state index contributed by atoms with van der Waals surface area (Å²) in [7, 11) is 0. The molecule has 2 rings (SSSR count). The normalized spacial score (nSPS) is 18.4. The van der Waals surface area contributed by atoms with Crippen LogP contribution in [0, 0.1) is 16.0 Å². The zero-order chi connectivity index (χ0) is 14.0. The topological polar surface area (TPSA) is 66.6 Å². The number of piperidine rings is 1. The van der Waals surface area contributed by atoms with Crippen LogP contribution in [0.1, 0.15) is 19.8 Å². The van der Waals surface area contributed by atoms with Crippen LogP contribution in [0.2, 0.25) is 0 Å². The molecule has 1 saturated heterocycles. The molecule has 19 heavy (non-hydrogen) atoms. The second-order valence-corrected chi connectivity index (χ2v) is 5.87. The Kier molecular flexibility index (Phi) is 4.42. The van der Waals surface area contributed by atoms with E-state index in [-0.39, 0.29) is 16.7 Å². The van der Waals surface area contributed by atoms with Crippen LogP contribution < -0.4 is 4.90 Å². The third kappa shape index (κ3) is 3.25. The molecule has 0 radical (unpaired) electrons. The van der Waals surface area contributed by atoms with Gasteiger partial charge in [-0.1, -0.05) is 15.9 Å². The van der Waals surface area contributed by atoms with Crippen molar-refractivity contribution < 1.29 is 10.0 Å². The van der Waals surface area contributed by atoms with Crippen LogP contribution in [0.25, 0.3) is 0 Å². The number of anilines is 1. The van der Waals surface area contributed by atoms with E-state index in [1.54, 1.807) is 6.07 Å². The van der Waals surface area contributed by atoms with Gasteiger partial charge in [-0.05, 0) is 37.8 Å². The van der Waals surface area contributed by atoms with Gasteiger partial charge < -0.3 is 10.0 Å². The van der Waals surface area contributed by atoms with E-state index in [1.807, 2.05) is 17.9 Å². The quantitative estimate of drug-likeness (QED) is 0.684. The summed E-state index contributed by atoms with van der Waals surface area (Å²) in [4.78, 5) is 12.8. The third-order valence-corrected chi connectivity index (χ3v) is 4.19. The average Bonchev–Trinajstić information content (AvgIpc) is 2.38. The summed E-state index contributed by atoms with van der Waals surface area (Å²) in [6.45, 7) is 3.30. The summed E-state index contributed by atoms with van der Waals surface area (Å²) in [5.41, 5.74) is 0.794.